The van der Waals surface area contributed by atoms with Gasteiger partial charge in [-0.15, -0.1) is 0 Å². The molecule has 0 N–H and O–H groups in total. The molecular formula is C57H35N5O. The van der Waals surface area contributed by atoms with Gasteiger partial charge in [-0.25, -0.2) is 15.0 Å². The van der Waals surface area contributed by atoms with E-state index in [1.165, 1.54) is 32.6 Å². The van der Waals surface area contributed by atoms with E-state index in [-0.39, 0.29) is 0 Å². The molecule has 13 rings (SSSR count). The lowest BCUT2D eigenvalue weighted by atomic mass is 10.0. The van der Waals surface area contributed by atoms with E-state index >= 15 is 0 Å². The predicted octanol–water partition coefficient (Wildman–Crippen LogP) is 14.6. The molecule has 0 unspecified atom stereocenters. The fourth-order valence-corrected chi connectivity index (χ4v) is 9.46. The summed E-state index contributed by atoms with van der Waals surface area (Å²) in [7, 11) is 0. The van der Waals surface area contributed by atoms with E-state index in [1.807, 2.05) is 36.4 Å². The van der Waals surface area contributed by atoms with Gasteiger partial charge >= 0.3 is 0 Å². The normalized spacial score (nSPS) is 11.8. The summed E-state index contributed by atoms with van der Waals surface area (Å²) >= 11 is 0. The molecule has 0 atom stereocenters. The third-order valence-corrected chi connectivity index (χ3v) is 12.4. The van der Waals surface area contributed by atoms with Crippen LogP contribution in [0.2, 0.25) is 0 Å². The second-order valence-corrected chi connectivity index (χ2v) is 16.0. The van der Waals surface area contributed by atoms with Crippen molar-refractivity contribution < 1.29 is 4.42 Å². The Bertz CT molecular complexity index is 3890. The first kappa shape index (κ1) is 35.2. The van der Waals surface area contributed by atoms with Crippen LogP contribution in [0, 0.1) is 0 Å². The number of rotatable bonds is 6. The van der Waals surface area contributed by atoms with Crippen LogP contribution in [0.3, 0.4) is 0 Å². The highest BCUT2D eigenvalue weighted by molar-refractivity contribution is 6.19. The minimum absolute atomic E-state index is 0.578. The van der Waals surface area contributed by atoms with Gasteiger partial charge in [0.15, 0.2) is 17.5 Å². The van der Waals surface area contributed by atoms with Crippen molar-refractivity contribution in [1.29, 1.82) is 0 Å². The molecule has 0 saturated carbocycles. The molecule has 9 aromatic carbocycles. The van der Waals surface area contributed by atoms with E-state index in [0.717, 1.165) is 72.2 Å². The number of hydrogen-bond acceptors (Lipinski definition) is 4. The monoisotopic (exact) mass is 805 g/mol. The Kier molecular flexibility index (Phi) is 7.80. The minimum Gasteiger partial charge on any atom is -0.455 e. The smallest absolute Gasteiger partial charge is 0.164 e. The molecule has 0 aliphatic carbocycles. The van der Waals surface area contributed by atoms with E-state index in [9.17, 15) is 0 Å². The molecule has 0 fully saturated rings. The van der Waals surface area contributed by atoms with Crippen LogP contribution in [0.1, 0.15) is 0 Å². The van der Waals surface area contributed by atoms with E-state index in [2.05, 4.69) is 185 Å². The summed E-state index contributed by atoms with van der Waals surface area (Å²) in [5.74, 6) is 1.78. The molecule has 63 heavy (non-hydrogen) atoms. The fourth-order valence-electron chi connectivity index (χ4n) is 9.46. The first-order chi connectivity index (χ1) is 31.2. The highest BCUT2D eigenvalue weighted by atomic mass is 16.3. The molecular weight excluding hydrogens is 771 g/mol. The Morgan fingerprint density at radius 2 is 0.794 bits per heavy atom. The number of aromatic nitrogens is 5. The van der Waals surface area contributed by atoms with Crippen LogP contribution in [-0.4, -0.2) is 24.1 Å². The Balaban J connectivity index is 0.953. The first-order valence-electron chi connectivity index (χ1n) is 21.2. The van der Waals surface area contributed by atoms with Crippen molar-refractivity contribution in [3.8, 4) is 56.7 Å². The third kappa shape index (κ3) is 5.62. The largest absolute Gasteiger partial charge is 0.455 e. The molecule has 4 heterocycles. The van der Waals surface area contributed by atoms with Crippen LogP contribution >= 0.6 is 0 Å². The van der Waals surface area contributed by atoms with Crippen molar-refractivity contribution in [2.24, 2.45) is 0 Å². The topological polar surface area (TPSA) is 61.7 Å². The molecule has 0 bridgehead atoms. The number of nitrogens with zero attached hydrogens (tertiary/aromatic N) is 5. The molecule has 0 radical (unpaired) electrons. The van der Waals surface area contributed by atoms with Gasteiger partial charge in [0.1, 0.15) is 11.2 Å². The Labute approximate surface area is 361 Å². The number of furan rings is 1. The molecule has 13 aromatic rings. The van der Waals surface area contributed by atoms with Crippen LogP contribution in [-0.2, 0) is 0 Å². The highest BCUT2D eigenvalue weighted by Crippen LogP contribution is 2.41. The maximum absolute atomic E-state index is 6.63. The molecule has 0 spiro atoms. The molecule has 6 nitrogen and oxygen atoms in total. The molecule has 6 heteroatoms. The zero-order chi connectivity index (χ0) is 41.4. The van der Waals surface area contributed by atoms with Crippen LogP contribution in [0.25, 0.3) is 122 Å². The Hall–Kier alpha value is -8.61. The van der Waals surface area contributed by atoms with Gasteiger partial charge in [-0.05, 0) is 78.4 Å². The van der Waals surface area contributed by atoms with Gasteiger partial charge in [0.2, 0.25) is 0 Å². The first-order valence-corrected chi connectivity index (χ1v) is 21.2. The standard InChI is InChI=1S/C57H35N5O/c1-4-15-36(16-5-1)42-23-14-24-46-45-32-29-39(33-53(45)63-54(42)46)57-59-55(37-17-6-2-7-18-37)58-56(60-57)38-27-30-41(31-28-38)62-50-26-13-11-22-44(50)48-34-47-43-21-10-12-25-49(43)61(51(47)35-52(48)62)40-19-8-3-9-20-40/h1-35H. The molecule has 0 amide bonds. The molecule has 0 aliphatic rings. The van der Waals surface area contributed by atoms with Crippen LogP contribution in [0.5, 0.6) is 0 Å². The van der Waals surface area contributed by atoms with Crippen molar-refractivity contribution in [1.82, 2.24) is 24.1 Å². The van der Waals surface area contributed by atoms with Gasteiger partial charge in [-0.1, -0.05) is 140 Å². The predicted molar refractivity (Wildman–Crippen MR) is 258 cm³/mol. The highest BCUT2D eigenvalue weighted by Gasteiger charge is 2.20. The quantitative estimate of drug-likeness (QED) is 0.168. The lowest BCUT2D eigenvalue weighted by Gasteiger charge is -2.11. The lowest BCUT2D eigenvalue weighted by molar-refractivity contribution is 0.670. The summed E-state index contributed by atoms with van der Waals surface area (Å²) in [5.41, 5.74) is 13.3. The van der Waals surface area contributed by atoms with Crippen molar-refractivity contribution in [3.05, 3.63) is 212 Å². The van der Waals surface area contributed by atoms with Crippen molar-refractivity contribution in [3.63, 3.8) is 0 Å². The Morgan fingerprint density at radius 1 is 0.302 bits per heavy atom. The van der Waals surface area contributed by atoms with E-state index in [0.29, 0.717) is 17.5 Å². The average Bonchev–Trinajstić information content (AvgIpc) is 4.01. The van der Waals surface area contributed by atoms with Gasteiger partial charge < -0.3 is 13.6 Å². The lowest BCUT2D eigenvalue weighted by Crippen LogP contribution is -2.00. The van der Waals surface area contributed by atoms with Crippen LogP contribution in [0.4, 0.5) is 0 Å². The van der Waals surface area contributed by atoms with E-state index < -0.39 is 0 Å². The van der Waals surface area contributed by atoms with Crippen LogP contribution < -0.4 is 0 Å². The number of hydrogen-bond donors (Lipinski definition) is 0. The SMILES string of the molecule is c1ccc(-c2nc(-c3ccc(-n4c5ccccc5c5cc6c7ccccc7n(-c7ccccc7)c6cc54)cc3)nc(-c3ccc4c(c3)oc3c(-c5ccccc5)cccc34)n2)cc1. The van der Waals surface area contributed by atoms with Crippen LogP contribution in [0.15, 0.2) is 217 Å². The summed E-state index contributed by atoms with van der Waals surface area (Å²) < 4.78 is 11.4. The van der Waals surface area contributed by atoms with Gasteiger partial charge in [-0.2, -0.15) is 0 Å². The summed E-state index contributed by atoms with van der Waals surface area (Å²) in [6, 6.07) is 74.4. The van der Waals surface area contributed by atoms with Gasteiger partial charge in [0, 0.05) is 65.9 Å². The third-order valence-electron chi connectivity index (χ3n) is 12.4. The van der Waals surface area contributed by atoms with Crippen molar-refractivity contribution in [2.45, 2.75) is 0 Å². The summed E-state index contributed by atoms with van der Waals surface area (Å²) in [4.78, 5) is 15.3. The molecule has 0 saturated heterocycles. The van der Waals surface area contributed by atoms with Gasteiger partial charge in [0.05, 0.1) is 22.1 Å². The second-order valence-electron chi connectivity index (χ2n) is 16.0. The van der Waals surface area contributed by atoms with Gasteiger partial charge in [-0.3, -0.25) is 0 Å². The summed E-state index contributed by atoms with van der Waals surface area (Å²) in [6.07, 6.45) is 0. The average molecular weight is 806 g/mol. The minimum atomic E-state index is 0.578. The summed E-state index contributed by atoms with van der Waals surface area (Å²) in [6.45, 7) is 0. The van der Waals surface area contributed by atoms with Crippen molar-refractivity contribution in [2.75, 3.05) is 0 Å². The van der Waals surface area contributed by atoms with Gasteiger partial charge in [0.25, 0.3) is 0 Å². The fraction of sp³-hybridized carbons (Fsp3) is 0. The maximum Gasteiger partial charge on any atom is 0.164 e. The number of para-hydroxylation sites is 4. The number of benzene rings is 9. The molecule has 0 aliphatic heterocycles. The summed E-state index contributed by atoms with van der Waals surface area (Å²) in [5, 5.41) is 7.02. The maximum atomic E-state index is 6.63. The Morgan fingerprint density at radius 3 is 1.43 bits per heavy atom. The van der Waals surface area contributed by atoms with E-state index in [4.69, 9.17) is 19.4 Å². The zero-order valence-corrected chi connectivity index (χ0v) is 33.9. The zero-order valence-electron chi connectivity index (χ0n) is 33.9. The number of fused-ring (bicyclic) bond motifs is 9. The second kappa shape index (κ2) is 14.0. The van der Waals surface area contributed by atoms with E-state index in [1.54, 1.807) is 0 Å². The molecule has 294 valence electrons. The molecule has 4 aromatic heterocycles. The van der Waals surface area contributed by atoms with Crippen molar-refractivity contribution >= 4 is 65.6 Å².